The molecular formula is C13H18N2. The average molecular weight is 202 g/mol. The molecule has 2 heteroatoms. The molecule has 0 fully saturated rings. The van der Waals surface area contributed by atoms with Crippen LogP contribution in [0.25, 0.3) is 10.9 Å². The number of fused-ring (bicyclic) bond motifs is 1. The molecule has 80 valence electrons. The summed E-state index contributed by atoms with van der Waals surface area (Å²) in [7, 11) is 0. The van der Waals surface area contributed by atoms with Crippen LogP contribution < -0.4 is 5.73 Å². The molecule has 1 heterocycles. The first kappa shape index (κ1) is 10.2. The molecule has 2 rings (SSSR count). The largest absolute Gasteiger partial charge is 0.358 e. The summed E-state index contributed by atoms with van der Waals surface area (Å²) in [6, 6.07) is 8.50. The first-order chi connectivity index (χ1) is 7.33. The Balaban J connectivity index is 2.28. The second-order valence-electron chi connectivity index (χ2n) is 4.02. The van der Waals surface area contributed by atoms with Gasteiger partial charge in [0.15, 0.2) is 0 Å². The van der Waals surface area contributed by atoms with E-state index in [1.54, 1.807) is 0 Å². The van der Waals surface area contributed by atoms with Crippen LogP contribution in [-0.4, -0.2) is 11.5 Å². The van der Waals surface area contributed by atoms with E-state index < -0.39 is 0 Å². The van der Waals surface area contributed by atoms with E-state index in [9.17, 15) is 0 Å². The summed E-state index contributed by atoms with van der Waals surface area (Å²) in [6.45, 7) is 2.94. The number of hydrogen-bond donors (Lipinski definition) is 2. The van der Waals surface area contributed by atoms with Gasteiger partial charge in [-0.1, -0.05) is 18.2 Å². The average Bonchev–Trinajstić information content (AvgIpc) is 2.56. The Kier molecular flexibility index (Phi) is 3.07. The number of aryl methyl sites for hydroxylation is 2. The molecule has 0 unspecified atom stereocenters. The van der Waals surface area contributed by atoms with Gasteiger partial charge in [-0.2, -0.15) is 0 Å². The smallest absolute Gasteiger partial charge is 0.0458 e. The van der Waals surface area contributed by atoms with Crippen molar-refractivity contribution in [1.82, 2.24) is 4.98 Å². The highest BCUT2D eigenvalue weighted by Crippen LogP contribution is 2.23. The third-order valence-corrected chi connectivity index (χ3v) is 2.91. The van der Waals surface area contributed by atoms with Crippen molar-refractivity contribution in [3.8, 4) is 0 Å². The van der Waals surface area contributed by atoms with Crippen molar-refractivity contribution in [2.24, 2.45) is 5.73 Å². The van der Waals surface area contributed by atoms with Crippen LogP contribution in [0.1, 0.15) is 24.1 Å². The maximum atomic E-state index is 5.51. The second kappa shape index (κ2) is 4.49. The summed E-state index contributed by atoms with van der Waals surface area (Å²) in [5.41, 5.74) is 9.52. The third-order valence-electron chi connectivity index (χ3n) is 2.91. The van der Waals surface area contributed by atoms with Gasteiger partial charge in [0.1, 0.15) is 0 Å². The molecule has 0 saturated carbocycles. The molecule has 0 saturated heterocycles. The highest BCUT2D eigenvalue weighted by Gasteiger charge is 2.06. The molecule has 0 amide bonds. The lowest BCUT2D eigenvalue weighted by Gasteiger charge is -2.00. The maximum Gasteiger partial charge on any atom is 0.0458 e. The highest BCUT2D eigenvalue weighted by atomic mass is 14.7. The van der Waals surface area contributed by atoms with Crippen LogP contribution in [0.2, 0.25) is 0 Å². The Labute approximate surface area is 90.5 Å². The highest BCUT2D eigenvalue weighted by molar-refractivity contribution is 5.84. The van der Waals surface area contributed by atoms with E-state index in [0.29, 0.717) is 0 Å². The number of H-pyrrole nitrogens is 1. The number of benzene rings is 1. The molecule has 0 aliphatic heterocycles. The number of para-hydroxylation sites is 1. The number of unbranched alkanes of at least 4 members (excludes halogenated alkanes) is 1. The predicted octanol–water partition coefficient (Wildman–Crippen LogP) is 2.76. The van der Waals surface area contributed by atoms with Crippen molar-refractivity contribution in [2.75, 3.05) is 6.54 Å². The van der Waals surface area contributed by atoms with Crippen LogP contribution in [0.5, 0.6) is 0 Å². The molecule has 2 nitrogen and oxygen atoms in total. The van der Waals surface area contributed by atoms with Gasteiger partial charge in [-0.05, 0) is 44.4 Å². The van der Waals surface area contributed by atoms with Crippen molar-refractivity contribution < 1.29 is 0 Å². The third kappa shape index (κ3) is 2.05. The molecule has 0 radical (unpaired) electrons. The van der Waals surface area contributed by atoms with Crippen LogP contribution >= 0.6 is 0 Å². The summed E-state index contributed by atoms with van der Waals surface area (Å²) >= 11 is 0. The second-order valence-corrected chi connectivity index (χ2v) is 4.02. The van der Waals surface area contributed by atoms with Crippen molar-refractivity contribution in [3.63, 3.8) is 0 Å². The van der Waals surface area contributed by atoms with E-state index in [4.69, 9.17) is 5.73 Å². The quantitative estimate of drug-likeness (QED) is 0.735. The van der Waals surface area contributed by atoms with E-state index in [2.05, 4.69) is 36.2 Å². The lowest BCUT2D eigenvalue weighted by Crippen LogP contribution is -1.99. The first-order valence-corrected chi connectivity index (χ1v) is 5.59. The van der Waals surface area contributed by atoms with Gasteiger partial charge < -0.3 is 10.7 Å². The fourth-order valence-corrected chi connectivity index (χ4v) is 2.10. The lowest BCUT2D eigenvalue weighted by atomic mass is 10.0. The Morgan fingerprint density at radius 2 is 2.00 bits per heavy atom. The molecular weight excluding hydrogens is 184 g/mol. The number of hydrogen-bond acceptors (Lipinski definition) is 1. The minimum atomic E-state index is 0.793. The van der Waals surface area contributed by atoms with Gasteiger partial charge in [-0.25, -0.2) is 0 Å². The zero-order chi connectivity index (χ0) is 10.7. The summed E-state index contributed by atoms with van der Waals surface area (Å²) in [4.78, 5) is 3.42. The SMILES string of the molecule is Cc1[nH]c2ccccc2c1CCCCN. The number of nitrogens with one attached hydrogen (secondary N) is 1. The molecule has 0 bridgehead atoms. The van der Waals surface area contributed by atoms with Gasteiger partial charge in [-0.15, -0.1) is 0 Å². The lowest BCUT2D eigenvalue weighted by molar-refractivity contribution is 0.744. The molecule has 0 aliphatic rings. The van der Waals surface area contributed by atoms with Crippen molar-refractivity contribution in [2.45, 2.75) is 26.2 Å². The maximum absolute atomic E-state index is 5.51. The van der Waals surface area contributed by atoms with Crippen LogP contribution in [0, 0.1) is 6.92 Å². The van der Waals surface area contributed by atoms with Crippen LogP contribution in [0.15, 0.2) is 24.3 Å². The summed E-state index contributed by atoms with van der Waals surface area (Å²) in [6.07, 6.45) is 3.42. The van der Waals surface area contributed by atoms with E-state index >= 15 is 0 Å². The van der Waals surface area contributed by atoms with Crippen molar-refractivity contribution in [3.05, 3.63) is 35.5 Å². The van der Waals surface area contributed by atoms with Gasteiger partial charge in [0.25, 0.3) is 0 Å². The van der Waals surface area contributed by atoms with E-state index in [1.165, 1.54) is 28.6 Å². The molecule has 0 aliphatic carbocycles. The Hall–Kier alpha value is -1.28. The van der Waals surface area contributed by atoms with E-state index in [0.717, 1.165) is 19.4 Å². The van der Waals surface area contributed by atoms with Gasteiger partial charge in [0.05, 0.1) is 0 Å². The molecule has 1 aromatic carbocycles. The number of aromatic amines is 1. The molecule has 2 aromatic rings. The topological polar surface area (TPSA) is 41.8 Å². The minimum absolute atomic E-state index is 0.793. The van der Waals surface area contributed by atoms with Crippen LogP contribution in [-0.2, 0) is 6.42 Å². The molecule has 15 heavy (non-hydrogen) atoms. The Bertz CT molecular complexity index is 443. The number of nitrogens with two attached hydrogens (primary N) is 1. The predicted molar refractivity (Wildman–Crippen MR) is 65.0 cm³/mol. The summed E-state index contributed by atoms with van der Waals surface area (Å²) in [5, 5.41) is 1.37. The van der Waals surface area contributed by atoms with Gasteiger partial charge in [-0.3, -0.25) is 0 Å². The monoisotopic (exact) mass is 202 g/mol. The van der Waals surface area contributed by atoms with Crippen molar-refractivity contribution >= 4 is 10.9 Å². The Morgan fingerprint density at radius 3 is 2.80 bits per heavy atom. The first-order valence-electron chi connectivity index (χ1n) is 5.59. The molecule has 0 atom stereocenters. The standard InChI is InChI=1S/C13H18N2/c1-10-11(6-4-5-9-14)12-7-2-3-8-13(12)15-10/h2-3,7-8,15H,4-6,9,14H2,1H3. The van der Waals surface area contributed by atoms with E-state index in [-0.39, 0.29) is 0 Å². The van der Waals surface area contributed by atoms with Crippen LogP contribution in [0.4, 0.5) is 0 Å². The summed E-state index contributed by atoms with van der Waals surface area (Å²) < 4.78 is 0. The molecule has 3 N–H and O–H groups in total. The molecule has 0 spiro atoms. The summed E-state index contributed by atoms with van der Waals surface area (Å²) in [5.74, 6) is 0. The Morgan fingerprint density at radius 1 is 1.20 bits per heavy atom. The fraction of sp³-hybridized carbons (Fsp3) is 0.385. The van der Waals surface area contributed by atoms with Crippen molar-refractivity contribution in [1.29, 1.82) is 0 Å². The number of rotatable bonds is 4. The zero-order valence-corrected chi connectivity index (χ0v) is 9.22. The normalized spacial score (nSPS) is 11.1. The fourth-order valence-electron chi connectivity index (χ4n) is 2.10. The number of aromatic nitrogens is 1. The van der Waals surface area contributed by atoms with Crippen LogP contribution in [0.3, 0.4) is 0 Å². The van der Waals surface area contributed by atoms with Gasteiger partial charge >= 0.3 is 0 Å². The minimum Gasteiger partial charge on any atom is -0.358 e. The van der Waals surface area contributed by atoms with Gasteiger partial charge in [0, 0.05) is 16.6 Å². The molecule has 1 aromatic heterocycles. The van der Waals surface area contributed by atoms with Gasteiger partial charge in [0.2, 0.25) is 0 Å². The van der Waals surface area contributed by atoms with E-state index in [1.807, 2.05) is 0 Å². The zero-order valence-electron chi connectivity index (χ0n) is 9.22.